The van der Waals surface area contributed by atoms with Crippen LogP contribution in [0.15, 0.2) is 24.3 Å². The second kappa shape index (κ2) is 5.85. The predicted octanol–water partition coefficient (Wildman–Crippen LogP) is 1.34. The van der Waals surface area contributed by atoms with Crippen LogP contribution in [0.2, 0.25) is 0 Å². The number of nitrogens with one attached hydrogen (secondary N) is 1. The van der Waals surface area contributed by atoms with Gasteiger partial charge in [-0.05, 0) is 30.4 Å². The molecule has 1 fully saturated rings. The summed E-state index contributed by atoms with van der Waals surface area (Å²) in [4.78, 5) is 25.8. The Morgan fingerprint density at radius 2 is 2.05 bits per heavy atom. The standard InChI is InChI=1S/C16H20N2O3/c19-15(18-8-4-3-7-14(18)16(20)21)13-10-17-9-11-5-1-2-6-12(11)13/h1-2,5-6,13-14,17H,3-4,7-10H2,(H,20,21)/t13?,14-/m1/s1. The highest BCUT2D eigenvalue weighted by molar-refractivity contribution is 5.89. The van der Waals surface area contributed by atoms with Gasteiger partial charge in [-0.15, -0.1) is 0 Å². The summed E-state index contributed by atoms with van der Waals surface area (Å²) in [6.45, 7) is 1.90. The SMILES string of the molecule is O=C(O)[C@H]1CCCCN1C(=O)C1CNCc2ccccc21. The van der Waals surface area contributed by atoms with Crippen LogP contribution in [0.25, 0.3) is 0 Å². The van der Waals surface area contributed by atoms with E-state index in [2.05, 4.69) is 5.32 Å². The van der Waals surface area contributed by atoms with E-state index in [1.165, 1.54) is 0 Å². The molecule has 0 spiro atoms. The highest BCUT2D eigenvalue weighted by atomic mass is 16.4. The molecular weight excluding hydrogens is 268 g/mol. The summed E-state index contributed by atoms with van der Waals surface area (Å²) in [5, 5.41) is 12.6. The first-order chi connectivity index (χ1) is 10.2. The summed E-state index contributed by atoms with van der Waals surface area (Å²) in [6.07, 6.45) is 2.32. The molecule has 2 atom stereocenters. The Hall–Kier alpha value is -1.88. The number of hydrogen-bond donors (Lipinski definition) is 2. The molecule has 0 radical (unpaired) electrons. The third-order valence-corrected chi connectivity index (χ3v) is 4.46. The fourth-order valence-corrected chi connectivity index (χ4v) is 3.37. The molecular formula is C16H20N2O3. The van der Waals surface area contributed by atoms with Gasteiger partial charge in [0, 0.05) is 19.6 Å². The smallest absolute Gasteiger partial charge is 0.326 e. The van der Waals surface area contributed by atoms with Crippen LogP contribution < -0.4 is 5.32 Å². The number of benzene rings is 1. The minimum atomic E-state index is -0.889. The molecule has 0 aliphatic carbocycles. The van der Waals surface area contributed by atoms with Gasteiger partial charge in [-0.1, -0.05) is 24.3 Å². The van der Waals surface area contributed by atoms with Crippen LogP contribution in [0, 0.1) is 0 Å². The second-order valence-electron chi connectivity index (χ2n) is 5.76. The number of carboxylic acid groups (broad SMARTS) is 1. The van der Waals surface area contributed by atoms with Crippen molar-refractivity contribution in [2.75, 3.05) is 13.1 Å². The molecule has 1 saturated heterocycles. The summed E-state index contributed by atoms with van der Waals surface area (Å²) in [7, 11) is 0. The molecule has 0 saturated carbocycles. The first-order valence-electron chi connectivity index (χ1n) is 7.50. The van der Waals surface area contributed by atoms with Crippen molar-refractivity contribution < 1.29 is 14.7 Å². The first-order valence-corrected chi connectivity index (χ1v) is 7.50. The third kappa shape index (κ3) is 2.65. The molecule has 2 heterocycles. The lowest BCUT2D eigenvalue weighted by Gasteiger charge is -2.37. The van der Waals surface area contributed by atoms with E-state index in [4.69, 9.17) is 0 Å². The molecule has 3 rings (SSSR count). The average Bonchev–Trinajstić information content (AvgIpc) is 2.53. The Morgan fingerprint density at radius 3 is 2.86 bits per heavy atom. The van der Waals surface area contributed by atoms with Crippen LogP contribution >= 0.6 is 0 Å². The van der Waals surface area contributed by atoms with Gasteiger partial charge in [0.1, 0.15) is 6.04 Å². The number of fused-ring (bicyclic) bond motifs is 1. The topological polar surface area (TPSA) is 69.6 Å². The number of amides is 1. The van der Waals surface area contributed by atoms with Crippen molar-refractivity contribution in [3.05, 3.63) is 35.4 Å². The Balaban J connectivity index is 1.86. The predicted molar refractivity (Wildman–Crippen MR) is 77.9 cm³/mol. The van der Waals surface area contributed by atoms with Gasteiger partial charge in [-0.2, -0.15) is 0 Å². The molecule has 2 N–H and O–H groups in total. The quantitative estimate of drug-likeness (QED) is 0.861. The number of nitrogens with zero attached hydrogens (tertiary/aromatic N) is 1. The van der Waals surface area contributed by atoms with Gasteiger partial charge >= 0.3 is 5.97 Å². The first kappa shape index (κ1) is 14.1. The largest absolute Gasteiger partial charge is 0.480 e. The van der Waals surface area contributed by atoms with E-state index < -0.39 is 12.0 Å². The summed E-state index contributed by atoms with van der Waals surface area (Å²) in [5.74, 6) is -1.21. The third-order valence-electron chi connectivity index (χ3n) is 4.46. The number of carbonyl (C=O) groups is 2. The van der Waals surface area contributed by atoms with Crippen LogP contribution in [0.1, 0.15) is 36.3 Å². The van der Waals surface area contributed by atoms with Gasteiger partial charge in [0.15, 0.2) is 0 Å². The Morgan fingerprint density at radius 1 is 1.24 bits per heavy atom. The maximum Gasteiger partial charge on any atom is 0.326 e. The summed E-state index contributed by atoms with van der Waals surface area (Å²) < 4.78 is 0. The Labute approximate surface area is 123 Å². The lowest BCUT2D eigenvalue weighted by atomic mass is 9.88. The molecule has 112 valence electrons. The van der Waals surface area contributed by atoms with Crippen molar-refractivity contribution in [1.82, 2.24) is 10.2 Å². The molecule has 1 amide bonds. The van der Waals surface area contributed by atoms with Gasteiger partial charge < -0.3 is 15.3 Å². The fourth-order valence-electron chi connectivity index (χ4n) is 3.37. The number of carbonyl (C=O) groups excluding carboxylic acids is 1. The van der Waals surface area contributed by atoms with Crippen molar-refractivity contribution in [2.45, 2.75) is 37.8 Å². The van der Waals surface area contributed by atoms with Crippen LogP contribution in [0.4, 0.5) is 0 Å². The molecule has 0 bridgehead atoms. The van der Waals surface area contributed by atoms with Crippen LogP contribution in [0.5, 0.6) is 0 Å². The Bertz CT molecular complexity index is 558. The zero-order valence-electron chi connectivity index (χ0n) is 11.9. The molecule has 2 aliphatic rings. The Kier molecular flexibility index (Phi) is 3.92. The zero-order valence-corrected chi connectivity index (χ0v) is 11.9. The van der Waals surface area contributed by atoms with Crippen molar-refractivity contribution in [1.29, 1.82) is 0 Å². The molecule has 5 heteroatoms. The highest BCUT2D eigenvalue weighted by Gasteiger charge is 2.37. The van der Waals surface area contributed by atoms with Crippen molar-refractivity contribution in [3.8, 4) is 0 Å². The highest BCUT2D eigenvalue weighted by Crippen LogP contribution is 2.28. The normalized spacial score (nSPS) is 25.2. The maximum absolute atomic E-state index is 12.9. The monoisotopic (exact) mass is 288 g/mol. The molecule has 1 aromatic carbocycles. The van der Waals surface area contributed by atoms with Gasteiger partial charge in [-0.25, -0.2) is 4.79 Å². The van der Waals surface area contributed by atoms with Crippen LogP contribution in [-0.2, 0) is 16.1 Å². The van der Waals surface area contributed by atoms with E-state index in [1.807, 2.05) is 24.3 Å². The van der Waals surface area contributed by atoms with Gasteiger partial charge in [-0.3, -0.25) is 4.79 Å². The van der Waals surface area contributed by atoms with E-state index in [0.717, 1.165) is 30.5 Å². The molecule has 2 aliphatic heterocycles. The molecule has 1 unspecified atom stereocenters. The van der Waals surface area contributed by atoms with Gasteiger partial charge in [0.25, 0.3) is 0 Å². The lowest BCUT2D eigenvalue weighted by molar-refractivity contribution is -0.152. The maximum atomic E-state index is 12.9. The van der Waals surface area contributed by atoms with E-state index in [1.54, 1.807) is 4.90 Å². The average molecular weight is 288 g/mol. The molecule has 21 heavy (non-hydrogen) atoms. The van der Waals surface area contributed by atoms with Crippen molar-refractivity contribution in [3.63, 3.8) is 0 Å². The lowest BCUT2D eigenvalue weighted by Crippen LogP contribution is -2.51. The fraction of sp³-hybridized carbons (Fsp3) is 0.500. The van der Waals surface area contributed by atoms with E-state index in [0.29, 0.717) is 19.5 Å². The van der Waals surface area contributed by atoms with E-state index in [-0.39, 0.29) is 11.8 Å². The number of hydrogen-bond acceptors (Lipinski definition) is 3. The summed E-state index contributed by atoms with van der Waals surface area (Å²) >= 11 is 0. The van der Waals surface area contributed by atoms with E-state index in [9.17, 15) is 14.7 Å². The van der Waals surface area contributed by atoms with E-state index >= 15 is 0 Å². The summed E-state index contributed by atoms with van der Waals surface area (Å²) in [6, 6.07) is 7.25. The second-order valence-corrected chi connectivity index (χ2v) is 5.76. The molecule has 5 nitrogen and oxygen atoms in total. The minimum absolute atomic E-state index is 0.0539. The molecule has 0 aromatic heterocycles. The summed E-state index contributed by atoms with van der Waals surface area (Å²) in [5.41, 5.74) is 2.17. The van der Waals surface area contributed by atoms with Gasteiger partial charge in [0.2, 0.25) is 5.91 Å². The zero-order chi connectivity index (χ0) is 14.8. The number of aliphatic carboxylic acids is 1. The number of piperidine rings is 1. The van der Waals surface area contributed by atoms with Crippen molar-refractivity contribution in [2.24, 2.45) is 0 Å². The number of rotatable bonds is 2. The van der Waals surface area contributed by atoms with Crippen LogP contribution in [0.3, 0.4) is 0 Å². The van der Waals surface area contributed by atoms with Crippen molar-refractivity contribution >= 4 is 11.9 Å². The number of likely N-dealkylation sites (tertiary alicyclic amines) is 1. The van der Waals surface area contributed by atoms with Crippen LogP contribution in [-0.4, -0.2) is 41.0 Å². The van der Waals surface area contributed by atoms with Gasteiger partial charge in [0.05, 0.1) is 5.92 Å². The molecule has 1 aromatic rings. The minimum Gasteiger partial charge on any atom is -0.480 e. The number of carboxylic acids is 1.